The number of ether oxygens (including phenoxy) is 4. The van der Waals surface area contributed by atoms with Crippen LogP contribution in [0.5, 0.6) is 0 Å². The van der Waals surface area contributed by atoms with Gasteiger partial charge in [-0.3, -0.25) is 0 Å². The van der Waals surface area contributed by atoms with Gasteiger partial charge in [0.05, 0.1) is 0 Å². The van der Waals surface area contributed by atoms with E-state index in [0.29, 0.717) is 13.6 Å². The third-order valence-corrected chi connectivity index (χ3v) is 0.768. The molecule has 0 spiro atoms. The summed E-state index contributed by atoms with van der Waals surface area (Å²) in [5, 5.41) is 0. The Morgan fingerprint density at radius 2 is 0.900 bits per heavy atom. The van der Waals surface area contributed by atoms with Gasteiger partial charge < -0.3 is 18.9 Å². The highest BCUT2D eigenvalue weighted by molar-refractivity contribution is 4.63. The first kappa shape index (κ1) is 6.80. The van der Waals surface area contributed by atoms with Gasteiger partial charge in [0, 0.05) is 0 Å². The quantitative estimate of drug-likeness (QED) is 0.506. The smallest absolute Gasteiger partial charge is 0.229 e. The molecule has 0 aromatic rings. The second-order valence-corrected chi connectivity index (χ2v) is 1.45. The van der Waals surface area contributed by atoms with Crippen molar-refractivity contribution in [1.82, 2.24) is 0 Å². The van der Waals surface area contributed by atoms with Crippen LogP contribution in [0.1, 0.15) is 0 Å². The molecule has 4 nitrogen and oxygen atoms in total. The van der Waals surface area contributed by atoms with E-state index in [2.05, 4.69) is 18.9 Å². The van der Waals surface area contributed by atoms with Crippen molar-refractivity contribution in [2.75, 3.05) is 13.6 Å². The van der Waals surface area contributed by atoms with Crippen LogP contribution in [0.4, 0.5) is 0 Å². The second-order valence-electron chi connectivity index (χ2n) is 1.45. The van der Waals surface area contributed by atoms with E-state index in [1.807, 2.05) is 0 Å². The van der Waals surface area contributed by atoms with Crippen LogP contribution in [-0.4, -0.2) is 13.6 Å². The van der Waals surface area contributed by atoms with Crippen molar-refractivity contribution in [3.63, 3.8) is 0 Å². The van der Waals surface area contributed by atoms with Gasteiger partial charge in [0.15, 0.2) is 0 Å². The van der Waals surface area contributed by atoms with Gasteiger partial charge in [-0.05, 0) is 0 Å². The molecule has 0 bridgehead atoms. The van der Waals surface area contributed by atoms with E-state index in [1.54, 1.807) is 0 Å². The highest BCUT2D eigenvalue weighted by Crippen LogP contribution is 1.88. The molecule has 2 aliphatic heterocycles. The summed E-state index contributed by atoms with van der Waals surface area (Å²) < 4.78 is 18.2. The standard InChI is InChI=1S/2C3H4O2/c2*1-2-5-3-4-1/h2*1-2H,3H2. The van der Waals surface area contributed by atoms with E-state index < -0.39 is 0 Å². The average molecular weight is 144 g/mol. The Morgan fingerprint density at radius 1 is 0.600 bits per heavy atom. The van der Waals surface area contributed by atoms with Gasteiger partial charge >= 0.3 is 0 Å². The van der Waals surface area contributed by atoms with Crippen molar-refractivity contribution in [2.45, 2.75) is 0 Å². The van der Waals surface area contributed by atoms with E-state index in [-0.39, 0.29) is 0 Å². The minimum Gasteiger partial charge on any atom is -0.462 e. The maximum Gasteiger partial charge on any atom is 0.229 e. The van der Waals surface area contributed by atoms with Crippen molar-refractivity contribution in [3.8, 4) is 0 Å². The Balaban J connectivity index is 0.0000001000. The van der Waals surface area contributed by atoms with Crippen LogP contribution in [0.25, 0.3) is 0 Å². The Labute approximate surface area is 58.6 Å². The normalized spacial score (nSPS) is 17.6. The van der Waals surface area contributed by atoms with E-state index in [0.717, 1.165) is 0 Å². The lowest BCUT2D eigenvalue weighted by Gasteiger charge is -1.82. The number of rotatable bonds is 0. The second kappa shape index (κ2) is 4.55. The largest absolute Gasteiger partial charge is 0.462 e. The lowest BCUT2D eigenvalue weighted by Crippen LogP contribution is -1.75. The van der Waals surface area contributed by atoms with Gasteiger partial charge in [0.2, 0.25) is 13.6 Å². The molecule has 0 fully saturated rings. The topological polar surface area (TPSA) is 36.9 Å². The Kier molecular flexibility index (Phi) is 3.09. The van der Waals surface area contributed by atoms with Crippen LogP contribution >= 0.6 is 0 Å². The van der Waals surface area contributed by atoms with Gasteiger partial charge in [-0.2, -0.15) is 0 Å². The molecule has 4 heteroatoms. The third-order valence-electron chi connectivity index (χ3n) is 0.768. The molecular weight excluding hydrogens is 136 g/mol. The zero-order valence-electron chi connectivity index (χ0n) is 5.36. The maximum absolute atomic E-state index is 4.54. The van der Waals surface area contributed by atoms with Gasteiger partial charge in [-0.1, -0.05) is 0 Å². The van der Waals surface area contributed by atoms with Crippen LogP contribution in [0.15, 0.2) is 25.0 Å². The Hall–Kier alpha value is -1.32. The van der Waals surface area contributed by atoms with Gasteiger partial charge in [-0.25, -0.2) is 0 Å². The third kappa shape index (κ3) is 2.86. The predicted octanol–water partition coefficient (Wildman–Crippen LogP) is 0.924. The van der Waals surface area contributed by atoms with Crippen molar-refractivity contribution >= 4 is 0 Å². The fourth-order valence-electron chi connectivity index (χ4n) is 0.393. The lowest BCUT2D eigenvalue weighted by molar-refractivity contribution is 0.0918. The molecule has 0 radical (unpaired) electrons. The van der Waals surface area contributed by atoms with E-state index in [1.165, 1.54) is 25.0 Å². The van der Waals surface area contributed by atoms with Crippen LogP contribution < -0.4 is 0 Å². The molecular formula is C6H8O4. The molecule has 2 aliphatic rings. The Morgan fingerprint density at radius 3 is 1.00 bits per heavy atom. The molecule has 0 atom stereocenters. The van der Waals surface area contributed by atoms with E-state index >= 15 is 0 Å². The summed E-state index contributed by atoms with van der Waals surface area (Å²) in [4.78, 5) is 0. The van der Waals surface area contributed by atoms with Crippen LogP contribution in [0.3, 0.4) is 0 Å². The highest BCUT2D eigenvalue weighted by atomic mass is 16.7. The zero-order chi connectivity index (χ0) is 7.07. The van der Waals surface area contributed by atoms with Crippen molar-refractivity contribution in [2.24, 2.45) is 0 Å². The predicted molar refractivity (Wildman–Crippen MR) is 32.4 cm³/mol. The van der Waals surface area contributed by atoms with E-state index in [9.17, 15) is 0 Å². The molecule has 0 aromatic carbocycles. The van der Waals surface area contributed by atoms with Crippen LogP contribution in [-0.2, 0) is 18.9 Å². The molecule has 0 amide bonds. The summed E-state index contributed by atoms with van der Waals surface area (Å²) in [5.41, 5.74) is 0. The molecule has 0 saturated carbocycles. The summed E-state index contributed by atoms with van der Waals surface area (Å²) >= 11 is 0. The molecule has 0 saturated heterocycles. The summed E-state index contributed by atoms with van der Waals surface area (Å²) in [6.45, 7) is 0.778. The van der Waals surface area contributed by atoms with Crippen molar-refractivity contribution in [1.29, 1.82) is 0 Å². The molecule has 56 valence electrons. The number of hydrogen-bond donors (Lipinski definition) is 0. The van der Waals surface area contributed by atoms with Crippen LogP contribution in [0, 0.1) is 0 Å². The first-order valence-electron chi connectivity index (χ1n) is 2.76. The highest BCUT2D eigenvalue weighted by Gasteiger charge is 1.82. The fraction of sp³-hybridized carbons (Fsp3) is 0.333. The summed E-state index contributed by atoms with van der Waals surface area (Å²) in [5.74, 6) is 0. The minimum atomic E-state index is 0.389. The van der Waals surface area contributed by atoms with Crippen molar-refractivity contribution in [3.05, 3.63) is 25.0 Å². The van der Waals surface area contributed by atoms with Gasteiger partial charge in [0.1, 0.15) is 25.0 Å². The summed E-state index contributed by atoms with van der Waals surface area (Å²) in [7, 11) is 0. The molecule has 2 rings (SSSR count). The summed E-state index contributed by atoms with van der Waals surface area (Å²) in [6.07, 6.45) is 6.06. The molecule has 0 unspecified atom stereocenters. The number of hydrogen-bond acceptors (Lipinski definition) is 4. The molecule has 0 aromatic heterocycles. The maximum atomic E-state index is 4.54. The Bertz CT molecular complexity index is 102. The molecule has 2 heterocycles. The molecule has 10 heavy (non-hydrogen) atoms. The molecule has 0 aliphatic carbocycles. The first-order chi connectivity index (χ1) is 5.00. The van der Waals surface area contributed by atoms with Gasteiger partial charge in [-0.15, -0.1) is 0 Å². The average Bonchev–Trinajstić information content (AvgIpc) is 2.67. The first-order valence-corrected chi connectivity index (χ1v) is 2.76. The van der Waals surface area contributed by atoms with Gasteiger partial charge in [0.25, 0.3) is 0 Å². The lowest BCUT2D eigenvalue weighted by atomic mass is 11.1. The monoisotopic (exact) mass is 144 g/mol. The van der Waals surface area contributed by atoms with Crippen LogP contribution in [0.2, 0.25) is 0 Å². The van der Waals surface area contributed by atoms with E-state index in [4.69, 9.17) is 0 Å². The summed E-state index contributed by atoms with van der Waals surface area (Å²) in [6, 6.07) is 0. The zero-order valence-corrected chi connectivity index (χ0v) is 5.36. The molecule has 0 N–H and O–H groups in total. The van der Waals surface area contributed by atoms with Crippen molar-refractivity contribution < 1.29 is 18.9 Å². The fourth-order valence-corrected chi connectivity index (χ4v) is 0.393. The SMILES string of the molecule is C1=COCO1.C1=COCO1. The minimum absolute atomic E-state index is 0.389.